The molecule has 0 aliphatic rings. The van der Waals surface area contributed by atoms with Gasteiger partial charge in [-0.25, -0.2) is 0 Å². The lowest BCUT2D eigenvalue weighted by Gasteiger charge is -2.19. The average Bonchev–Trinajstić information content (AvgIpc) is 2.49. The van der Waals surface area contributed by atoms with Crippen molar-refractivity contribution in [2.24, 2.45) is 0 Å². The molecule has 0 heterocycles. The largest absolute Gasteiger partial charge is 0.290 e. The first kappa shape index (κ1) is 16.7. The van der Waals surface area contributed by atoms with Crippen molar-refractivity contribution < 1.29 is 0 Å². The second-order valence-electron chi connectivity index (χ2n) is 5.44. The third kappa shape index (κ3) is 7.96. The van der Waals surface area contributed by atoms with Crippen LogP contribution >= 0.6 is 0 Å². The van der Waals surface area contributed by atoms with Gasteiger partial charge in [0.25, 0.3) is 0 Å². The van der Waals surface area contributed by atoms with Crippen molar-refractivity contribution in [2.45, 2.75) is 51.9 Å². The van der Waals surface area contributed by atoms with Crippen molar-refractivity contribution in [1.82, 2.24) is 4.90 Å². The van der Waals surface area contributed by atoms with E-state index in [1.165, 1.54) is 44.1 Å². The third-order valence-electron chi connectivity index (χ3n) is 3.68. The molecule has 0 aliphatic heterocycles. The summed E-state index contributed by atoms with van der Waals surface area (Å²) < 4.78 is 0. The van der Waals surface area contributed by atoms with Crippen LogP contribution in [0.5, 0.6) is 0 Å². The minimum Gasteiger partial charge on any atom is -0.290 e. The lowest BCUT2D eigenvalue weighted by atomic mass is 10.1. The maximum Gasteiger partial charge on any atom is 0.0866 e. The van der Waals surface area contributed by atoms with Gasteiger partial charge in [0.05, 0.1) is 12.6 Å². The van der Waals surface area contributed by atoms with Crippen molar-refractivity contribution in [1.29, 1.82) is 5.26 Å². The van der Waals surface area contributed by atoms with E-state index < -0.39 is 0 Å². The normalized spacial score (nSPS) is 10.7. The first-order valence-electron chi connectivity index (χ1n) is 8.00. The van der Waals surface area contributed by atoms with Crippen molar-refractivity contribution >= 4 is 0 Å². The van der Waals surface area contributed by atoms with Crippen molar-refractivity contribution in [3.63, 3.8) is 0 Å². The van der Waals surface area contributed by atoms with E-state index in [2.05, 4.69) is 42.2 Å². The molecule has 0 amide bonds. The molecule has 0 saturated heterocycles. The van der Waals surface area contributed by atoms with Crippen LogP contribution in [0.1, 0.15) is 51.0 Å². The number of benzene rings is 1. The molecular formula is C18H28N2. The predicted octanol–water partition coefficient (Wildman–Crippen LogP) is 4.42. The molecule has 0 bridgehead atoms. The fourth-order valence-electron chi connectivity index (χ4n) is 2.42. The summed E-state index contributed by atoms with van der Waals surface area (Å²) in [5, 5.41) is 8.91. The van der Waals surface area contributed by atoms with Gasteiger partial charge in [0, 0.05) is 6.54 Å². The van der Waals surface area contributed by atoms with Gasteiger partial charge in [-0.15, -0.1) is 0 Å². The van der Waals surface area contributed by atoms with Gasteiger partial charge in [0.2, 0.25) is 0 Å². The highest BCUT2D eigenvalue weighted by Gasteiger charge is 2.04. The summed E-state index contributed by atoms with van der Waals surface area (Å²) in [5.41, 5.74) is 1.36. The Morgan fingerprint density at radius 1 is 0.950 bits per heavy atom. The Hall–Kier alpha value is -1.33. The number of rotatable bonds is 11. The zero-order chi connectivity index (χ0) is 14.5. The standard InChI is InChI=1S/C18H28N2/c1-2-3-4-5-6-10-15-20(17-14-19)16-13-18-11-8-7-9-12-18/h7-9,11-12H,2-6,10,13,15-17H2,1H3. The van der Waals surface area contributed by atoms with Gasteiger partial charge in [0.15, 0.2) is 0 Å². The quantitative estimate of drug-likeness (QED) is 0.440. The van der Waals surface area contributed by atoms with E-state index in [0.29, 0.717) is 6.54 Å². The fraction of sp³-hybridized carbons (Fsp3) is 0.611. The molecule has 0 unspecified atom stereocenters. The van der Waals surface area contributed by atoms with E-state index in [1.807, 2.05) is 6.07 Å². The van der Waals surface area contributed by atoms with Crippen LogP contribution in [0, 0.1) is 11.3 Å². The predicted molar refractivity (Wildman–Crippen MR) is 85.6 cm³/mol. The first-order valence-corrected chi connectivity index (χ1v) is 8.00. The highest BCUT2D eigenvalue weighted by atomic mass is 15.1. The maximum atomic E-state index is 8.91. The second kappa shape index (κ2) is 11.5. The Morgan fingerprint density at radius 3 is 2.35 bits per heavy atom. The average molecular weight is 272 g/mol. The van der Waals surface area contributed by atoms with Gasteiger partial charge in [-0.3, -0.25) is 4.90 Å². The Morgan fingerprint density at radius 2 is 1.65 bits per heavy atom. The Labute approximate surface area is 124 Å². The summed E-state index contributed by atoms with van der Waals surface area (Å²) >= 11 is 0. The van der Waals surface area contributed by atoms with E-state index in [1.54, 1.807) is 0 Å². The van der Waals surface area contributed by atoms with E-state index in [9.17, 15) is 0 Å². The molecule has 0 spiro atoms. The molecule has 0 atom stereocenters. The molecule has 110 valence electrons. The molecule has 1 aromatic rings. The minimum atomic E-state index is 0.557. The number of hydrogen-bond acceptors (Lipinski definition) is 2. The zero-order valence-electron chi connectivity index (χ0n) is 12.9. The lowest BCUT2D eigenvalue weighted by molar-refractivity contribution is 0.300. The summed E-state index contributed by atoms with van der Waals surface area (Å²) in [7, 11) is 0. The SMILES string of the molecule is CCCCCCCCN(CC#N)CCc1ccccc1. The van der Waals surface area contributed by atoms with Gasteiger partial charge in [-0.1, -0.05) is 69.4 Å². The highest BCUT2D eigenvalue weighted by molar-refractivity contribution is 5.14. The Balaban J connectivity index is 2.18. The fourth-order valence-corrected chi connectivity index (χ4v) is 2.42. The Kier molecular flexibility index (Phi) is 9.61. The van der Waals surface area contributed by atoms with Crippen LogP contribution in [-0.4, -0.2) is 24.5 Å². The van der Waals surface area contributed by atoms with E-state index in [-0.39, 0.29) is 0 Å². The molecule has 0 N–H and O–H groups in total. The van der Waals surface area contributed by atoms with Crippen LogP contribution < -0.4 is 0 Å². The number of hydrogen-bond donors (Lipinski definition) is 0. The number of unbranched alkanes of at least 4 members (excludes halogenated alkanes) is 5. The Bertz CT molecular complexity index is 367. The van der Waals surface area contributed by atoms with Gasteiger partial charge >= 0.3 is 0 Å². The maximum absolute atomic E-state index is 8.91. The molecule has 2 nitrogen and oxygen atoms in total. The van der Waals surface area contributed by atoms with Gasteiger partial charge in [-0.05, 0) is 24.9 Å². The summed E-state index contributed by atoms with van der Waals surface area (Å²) in [5.74, 6) is 0. The molecular weight excluding hydrogens is 244 g/mol. The monoisotopic (exact) mass is 272 g/mol. The first-order chi connectivity index (χ1) is 9.86. The molecule has 2 heteroatoms. The molecule has 0 aromatic heterocycles. The molecule has 0 aliphatic carbocycles. The van der Waals surface area contributed by atoms with E-state index >= 15 is 0 Å². The van der Waals surface area contributed by atoms with E-state index in [4.69, 9.17) is 5.26 Å². The third-order valence-corrected chi connectivity index (χ3v) is 3.68. The second-order valence-corrected chi connectivity index (χ2v) is 5.44. The molecule has 0 radical (unpaired) electrons. The van der Waals surface area contributed by atoms with Crippen LogP contribution in [0.4, 0.5) is 0 Å². The topological polar surface area (TPSA) is 27.0 Å². The smallest absolute Gasteiger partial charge is 0.0866 e. The molecule has 1 rings (SSSR count). The molecule has 20 heavy (non-hydrogen) atoms. The summed E-state index contributed by atoms with van der Waals surface area (Å²) in [6, 6.07) is 12.8. The zero-order valence-corrected chi connectivity index (χ0v) is 12.9. The molecule has 1 aromatic carbocycles. The van der Waals surface area contributed by atoms with Crippen LogP contribution in [0.25, 0.3) is 0 Å². The van der Waals surface area contributed by atoms with Gasteiger partial charge < -0.3 is 0 Å². The number of nitrogens with zero attached hydrogens (tertiary/aromatic N) is 2. The van der Waals surface area contributed by atoms with Crippen LogP contribution in [0.3, 0.4) is 0 Å². The highest BCUT2D eigenvalue weighted by Crippen LogP contribution is 2.07. The van der Waals surface area contributed by atoms with E-state index in [0.717, 1.165) is 19.5 Å². The van der Waals surface area contributed by atoms with Crippen molar-refractivity contribution in [3.8, 4) is 6.07 Å². The van der Waals surface area contributed by atoms with Crippen LogP contribution in [0.2, 0.25) is 0 Å². The van der Waals surface area contributed by atoms with Gasteiger partial charge in [0.1, 0.15) is 0 Å². The van der Waals surface area contributed by atoms with Crippen molar-refractivity contribution in [2.75, 3.05) is 19.6 Å². The van der Waals surface area contributed by atoms with Crippen LogP contribution in [-0.2, 0) is 6.42 Å². The summed E-state index contributed by atoms with van der Waals surface area (Å²) in [6.07, 6.45) is 8.92. The van der Waals surface area contributed by atoms with Gasteiger partial charge in [-0.2, -0.15) is 5.26 Å². The van der Waals surface area contributed by atoms with Crippen molar-refractivity contribution in [3.05, 3.63) is 35.9 Å². The lowest BCUT2D eigenvalue weighted by Crippen LogP contribution is -2.27. The molecule has 0 saturated carbocycles. The summed E-state index contributed by atoms with van der Waals surface area (Å²) in [6.45, 7) is 4.86. The minimum absolute atomic E-state index is 0.557. The number of nitriles is 1. The molecule has 0 fully saturated rings. The summed E-state index contributed by atoms with van der Waals surface area (Å²) in [4.78, 5) is 2.28. The van der Waals surface area contributed by atoms with Crippen LogP contribution in [0.15, 0.2) is 30.3 Å².